The largest absolute Gasteiger partial charge is 0.497 e. The highest BCUT2D eigenvalue weighted by Crippen LogP contribution is 2.36. The third kappa shape index (κ3) is 2.96. The summed E-state index contributed by atoms with van der Waals surface area (Å²) in [6, 6.07) is 7.68. The lowest BCUT2D eigenvalue weighted by atomic mass is 9.75. The van der Waals surface area contributed by atoms with Crippen molar-refractivity contribution in [1.29, 1.82) is 0 Å². The predicted molar refractivity (Wildman–Crippen MR) is 78.0 cm³/mol. The van der Waals surface area contributed by atoms with Crippen molar-refractivity contribution >= 4 is 5.97 Å². The molecule has 0 amide bonds. The Bertz CT molecular complexity index is 467. The second-order valence-corrected chi connectivity index (χ2v) is 5.53. The monoisotopic (exact) mass is 277 g/mol. The third-order valence-electron chi connectivity index (χ3n) is 4.15. The normalized spacial score (nSPS) is 23.9. The molecule has 2 atom stereocenters. The van der Waals surface area contributed by atoms with E-state index < -0.39 is 0 Å². The summed E-state index contributed by atoms with van der Waals surface area (Å²) in [5, 5.41) is 3.51. The third-order valence-corrected chi connectivity index (χ3v) is 4.15. The maximum absolute atomic E-state index is 12.3. The SMILES string of the molecule is COC(=O)[C@H](c1cccc(OC)c1)[C@@]1(C)CCCCN1. The van der Waals surface area contributed by atoms with Crippen molar-refractivity contribution in [1.82, 2.24) is 5.32 Å². The summed E-state index contributed by atoms with van der Waals surface area (Å²) in [7, 11) is 3.08. The number of carbonyl (C=O) groups is 1. The molecule has 1 aromatic carbocycles. The van der Waals surface area contributed by atoms with Crippen LogP contribution in [-0.2, 0) is 9.53 Å². The highest BCUT2D eigenvalue weighted by Gasteiger charge is 2.41. The molecule has 1 saturated heterocycles. The van der Waals surface area contributed by atoms with Gasteiger partial charge in [-0.05, 0) is 44.0 Å². The minimum Gasteiger partial charge on any atom is -0.497 e. The summed E-state index contributed by atoms with van der Waals surface area (Å²) >= 11 is 0. The number of benzene rings is 1. The van der Waals surface area contributed by atoms with Crippen molar-refractivity contribution in [3.63, 3.8) is 0 Å². The number of hydrogen-bond donors (Lipinski definition) is 1. The van der Waals surface area contributed by atoms with Crippen LogP contribution in [0.5, 0.6) is 5.75 Å². The van der Waals surface area contributed by atoms with Gasteiger partial charge in [-0.1, -0.05) is 18.6 Å². The van der Waals surface area contributed by atoms with E-state index in [1.54, 1.807) is 7.11 Å². The average molecular weight is 277 g/mol. The standard InChI is InChI=1S/C16H23NO3/c1-16(9-4-5-10-17-16)14(15(18)20-3)12-7-6-8-13(11-12)19-2/h6-8,11,14,17H,4-5,9-10H2,1-3H3/t14-,16+/m0/s1. The number of methoxy groups -OCH3 is 2. The van der Waals surface area contributed by atoms with Crippen molar-refractivity contribution in [2.45, 2.75) is 37.6 Å². The maximum Gasteiger partial charge on any atom is 0.315 e. The zero-order valence-electron chi connectivity index (χ0n) is 12.4. The van der Waals surface area contributed by atoms with E-state index in [2.05, 4.69) is 12.2 Å². The molecule has 0 aromatic heterocycles. The predicted octanol–water partition coefficient (Wildman–Crippen LogP) is 2.48. The Kier molecular flexibility index (Phi) is 4.65. The molecular weight excluding hydrogens is 254 g/mol. The fourth-order valence-electron chi connectivity index (χ4n) is 3.03. The number of piperidine rings is 1. The number of hydrogen-bond acceptors (Lipinski definition) is 4. The molecule has 1 N–H and O–H groups in total. The zero-order chi connectivity index (χ0) is 14.6. The molecule has 0 spiro atoms. The molecule has 4 heteroatoms. The first kappa shape index (κ1) is 14.9. The Balaban J connectivity index is 2.38. The van der Waals surface area contributed by atoms with Crippen LogP contribution in [0.4, 0.5) is 0 Å². The van der Waals surface area contributed by atoms with E-state index in [0.29, 0.717) is 0 Å². The van der Waals surface area contributed by atoms with Crippen LogP contribution in [0.1, 0.15) is 37.7 Å². The van der Waals surface area contributed by atoms with Gasteiger partial charge < -0.3 is 14.8 Å². The van der Waals surface area contributed by atoms with Crippen molar-refractivity contribution in [3.05, 3.63) is 29.8 Å². The molecule has 1 aliphatic heterocycles. The molecule has 110 valence electrons. The Labute approximate surface area is 120 Å². The van der Waals surface area contributed by atoms with Gasteiger partial charge in [0.05, 0.1) is 20.1 Å². The van der Waals surface area contributed by atoms with E-state index in [9.17, 15) is 4.79 Å². The number of esters is 1. The van der Waals surface area contributed by atoms with Gasteiger partial charge in [-0.3, -0.25) is 4.79 Å². The smallest absolute Gasteiger partial charge is 0.315 e. The Morgan fingerprint density at radius 1 is 1.35 bits per heavy atom. The van der Waals surface area contributed by atoms with Gasteiger partial charge in [0.1, 0.15) is 5.75 Å². The molecule has 0 bridgehead atoms. The number of nitrogens with one attached hydrogen (secondary N) is 1. The first-order valence-electron chi connectivity index (χ1n) is 7.07. The molecular formula is C16H23NO3. The van der Waals surface area contributed by atoms with Crippen LogP contribution in [0.3, 0.4) is 0 Å². The van der Waals surface area contributed by atoms with Crippen molar-refractivity contribution < 1.29 is 14.3 Å². The van der Waals surface area contributed by atoms with Gasteiger partial charge in [0.2, 0.25) is 0 Å². The molecule has 0 aliphatic carbocycles. The molecule has 1 heterocycles. The van der Waals surface area contributed by atoms with Gasteiger partial charge in [0.15, 0.2) is 0 Å². The van der Waals surface area contributed by atoms with Crippen LogP contribution < -0.4 is 10.1 Å². The summed E-state index contributed by atoms with van der Waals surface area (Å²) in [5.41, 5.74) is 0.672. The van der Waals surface area contributed by atoms with Gasteiger partial charge in [-0.2, -0.15) is 0 Å². The molecule has 1 fully saturated rings. The summed E-state index contributed by atoms with van der Waals surface area (Å²) in [6.45, 7) is 3.04. The van der Waals surface area contributed by atoms with Gasteiger partial charge in [0.25, 0.3) is 0 Å². The molecule has 1 aromatic rings. The lowest BCUT2D eigenvalue weighted by molar-refractivity contribution is -0.144. The fourth-order valence-corrected chi connectivity index (χ4v) is 3.03. The Morgan fingerprint density at radius 2 is 2.15 bits per heavy atom. The number of ether oxygens (including phenoxy) is 2. The highest BCUT2D eigenvalue weighted by atomic mass is 16.5. The maximum atomic E-state index is 12.3. The van der Waals surface area contributed by atoms with Crippen LogP contribution >= 0.6 is 0 Å². The molecule has 0 radical (unpaired) electrons. The van der Waals surface area contributed by atoms with Crippen LogP contribution in [0.2, 0.25) is 0 Å². The molecule has 0 saturated carbocycles. The molecule has 1 aliphatic rings. The summed E-state index contributed by atoms with van der Waals surface area (Å²) in [6.07, 6.45) is 3.24. The second-order valence-electron chi connectivity index (χ2n) is 5.53. The minimum absolute atomic E-state index is 0.199. The fraction of sp³-hybridized carbons (Fsp3) is 0.562. The lowest BCUT2D eigenvalue weighted by Gasteiger charge is -2.40. The average Bonchev–Trinajstić information content (AvgIpc) is 2.48. The van der Waals surface area contributed by atoms with Gasteiger partial charge in [0, 0.05) is 5.54 Å². The van der Waals surface area contributed by atoms with Crippen molar-refractivity contribution in [2.24, 2.45) is 0 Å². The Morgan fingerprint density at radius 3 is 2.75 bits per heavy atom. The van der Waals surface area contributed by atoms with Crippen molar-refractivity contribution in [2.75, 3.05) is 20.8 Å². The van der Waals surface area contributed by atoms with E-state index in [4.69, 9.17) is 9.47 Å². The molecule has 20 heavy (non-hydrogen) atoms. The van der Waals surface area contributed by atoms with Gasteiger partial charge in [-0.25, -0.2) is 0 Å². The minimum atomic E-state index is -0.317. The van der Waals surface area contributed by atoms with E-state index in [1.165, 1.54) is 7.11 Å². The highest BCUT2D eigenvalue weighted by molar-refractivity contribution is 5.80. The van der Waals surface area contributed by atoms with E-state index in [-0.39, 0.29) is 17.4 Å². The van der Waals surface area contributed by atoms with Crippen LogP contribution in [0, 0.1) is 0 Å². The van der Waals surface area contributed by atoms with Gasteiger partial charge in [-0.15, -0.1) is 0 Å². The second kappa shape index (κ2) is 6.27. The Hall–Kier alpha value is -1.55. The first-order valence-corrected chi connectivity index (χ1v) is 7.07. The summed E-state index contributed by atoms with van der Waals surface area (Å²) in [4.78, 5) is 12.3. The number of rotatable bonds is 4. The summed E-state index contributed by atoms with van der Waals surface area (Å²) in [5.74, 6) is 0.244. The van der Waals surface area contributed by atoms with Crippen LogP contribution in [-0.4, -0.2) is 32.3 Å². The lowest BCUT2D eigenvalue weighted by Crippen LogP contribution is -2.53. The first-order chi connectivity index (χ1) is 9.60. The summed E-state index contributed by atoms with van der Waals surface area (Å²) < 4.78 is 10.3. The quantitative estimate of drug-likeness (QED) is 0.859. The van der Waals surface area contributed by atoms with E-state index in [1.807, 2.05) is 24.3 Å². The van der Waals surface area contributed by atoms with Crippen molar-refractivity contribution in [3.8, 4) is 5.75 Å². The van der Waals surface area contributed by atoms with E-state index in [0.717, 1.165) is 37.1 Å². The molecule has 4 nitrogen and oxygen atoms in total. The molecule has 2 rings (SSSR count). The van der Waals surface area contributed by atoms with Gasteiger partial charge >= 0.3 is 5.97 Å². The molecule has 0 unspecified atom stereocenters. The zero-order valence-corrected chi connectivity index (χ0v) is 12.4. The number of carbonyl (C=O) groups excluding carboxylic acids is 1. The van der Waals surface area contributed by atoms with Crippen LogP contribution in [0.25, 0.3) is 0 Å². The van der Waals surface area contributed by atoms with Crippen LogP contribution in [0.15, 0.2) is 24.3 Å². The van der Waals surface area contributed by atoms with E-state index >= 15 is 0 Å². The topological polar surface area (TPSA) is 47.6 Å².